The third-order valence-electron chi connectivity index (χ3n) is 2.58. The molecule has 0 amide bonds. The molecule has 0 unspecified atom stereocenters. The van der Waals surface area contributed by atoms with Gasteiger partial charge in [-0.2, -0.15) is 5.10 Å². The zero-order valence-corrected chi connectivity index (χ0v) is 10.4. The summed E-state index contributed by atoms with van der Waals surface area (Å²) in [6.07, 6.45) is 4.24. The van der Waals surface area contributed by atoms with E-state index in [1.165, 1.54) is 11.3 Å². The predicted molar refractivity (Wildman–Crippen MR) is 64.1 cm³/mol. The van der Waals surface area contributed by atoms with Gasteiger partial charge < -0.3 is 5.32 Å². The maximum absolute atomic E-state index is 4.43. The number of hydrogen-bond donors (Lipinski definition) is 1. The monoisotopic (exact) mass is 209 g/mol. The van der Waals surface area contributed by atoms with Crippen molar-refractivity contribution in [1.82, 2.24) is 15.1 Å². The summed E-state index contributed by atoms with van der Waals surface area (Å²) in [6, 6.07) is 0. The van der Waals surface area contributed by atoms with Gasteiger partial charge >= 0.3 is 0 Å². The summed E-state index contributed by atoms with van der Waals surface area (Å²) in [4.78, 5) is 0. The number of rotatable bonds is 6. The Morgan fingerprint density at radius 2 is 2.20 bits per heavy atom. The summed E-state index contributed by atoms with van der Waals surface area (Å²) >= 11 is 0. The summed E-state index contributed by atoms with van der Waals surface area (Å²) < 4.78 is 2.13. The van der Waals surface area contributed by atoms with Gasteiger partial charge in [-0.15, -0.1) is 0 Å². The Morgan fingerprint density at radius 1 is 1.47 bits per heavy atom. The van der Waals surface area contributed by atoms with Crippen molar-refractivity contribution in [1.29, 1.82) is 0 Å². The van der Waals surface area contributed by atoms with Gasteiger partial charge in [0.2, 0.25) is 0 Å². The van der Waals surface area contributed by atoms with E-state index in [1.807, 2.05) is 13.2 Å². The topological polar surface area (TPSA) is 29.9 Å². The summed E-state index contributed by atoms with van der Waals surface area (Å²) in [6.45, 7) is 8.67. The van der Waals surface area contributed by atoms with Gasteiger partial charge in [0.1, 0.15) is 0 Å². The molecule has 0 fully saturated rings. The lowest BCUT2D eigenvalue weighted by Gasteiger charge is -2.10. The number of aryl methyl sites for hydroxylation is 1. The first-order valence-corrected chi connectivity index (χ1v) is 5.87. The minimum atomic E-state index is 0.695. The van der Waals surface area contributed by atoms with Crippen molar-refractivity contribution < 1.29 is 0 Å². The highest BCUT2D eigenvalue weighted by molar-refractivity contribution is 5.18. The first kappa shape index (κ1) is 12.2. The van der Waals surface area contributed by atoms with E-state index in [2.05, 4.69) is 35.9 Å². The molecule has 3 nitrogen and oxygen atoms in total. The van der Waals surface area contributed by atoms with Crippen molar-refractivity contribution in [3.63, 3.8) is 0 Å². The molecule has 0 bridgehead atoms. The molecule has 0 aliphatic rings. The van der Waals surface area contributed by atoms with Crippen LogP contribution in [0.2, 0.25) is 0 Å². The maximum Gasteiger partial charge on any atom is 0.0525 e. The highest BCUT2D eigenvalue weighted by Gasteiger charge is 2.10. The van der Waals surface area contributed by atoms with Crippen LogP contribution < -0.4 is 5.32 Å². The van der Waals surface area contributed by atoms with Crippen LogP contribution in [0.3, 0.4) is 0 Å². The minimum absolute atomic E-state index is 0.695. The molecule has 0 aliphatic heterocycles. The quantitative estimate of drug-likeness (QED) is 0.775. The first-order chi connectivity index (χ1) is 7.19. The van der Waals surface area contributed by atoms with Gasteiger partial charge in [0.15, 0.2) is 0 Å². The van der Waals surface area contributed by atoms with Crippen LogP contribution in [0.4, 0.5) is 0 Å². The molecule has 1 aromatic rings. The molecule has 0 radical (unpaired) electrons. The second-order valence-electron chi connectivity index (χ2n) is 4.38. The second kappa shape index (κ2) is 5.91. The Labute approximate surface area is 92.9 Å². The fourth-order valence-corrected chi connectivity index (χ4v) is 1.81. The zero-order valence-electron chi connectivity index (χ0n) is 10.4. The van der Waals surface area contributed by atoms with Crippen LogP contribution in [0, 0.1) is 5.92 Å². The molecule has 1 rings (SSSR count). The summed E-state index contributed by atoms with van der Waals surface area (Å²) in [7, 11) is 1.99. The largest absolute Gasteiger partial charge is 0.319 e. The van der Waals surface area contributed by atoms with E-state index < -0.39 is 0 Å². The summed E-state index contributed by atoms with van der Waals surface area (Å²) in [5.41, 5.74) is 2.82. The van der Waals surface area contributed by atoms with E-state index >= 15 is 0 Å². The molecule has 3 heteroatoms. The van der Waals surface area contributed by atoms with Gasteiger partial charge in [0.25, 0.3) is 0 Å². The highest BCUT2D eigenvalue weighted by atomic mass is 15.3. The lowest BCUT2D eigenvalue weighted by atomic mass is 10.0. The molecule has 15 heavy (non-hydrogen) atoms. The van der Waals surface area contributed by atoms with Gasteiger partial charge in [-0.3, -0.25) is 4.68 Å². The molecule has 0 atom stereocenters. The molecule has 0 spiro atoms. The Balaban J connectivity index is 2.80. The van der Waals surface area contributed by atoms with Crippen molar-refractivity contribution in [3.8, 4) is 0 Å². The standard InChI is InChI=1S/C12H23N3/c1-5-15-12(8-10(2)3)11(9-14-15)6-7-13-4/h9-10,13H,5-8H2,1-4H3. The Morgan fingerprint density at radius 3 is 2.73 bits per heavy atom. The van der Waals surface area contributed by atoms with Gasteiger partial charge in [0, 0.05) is 12.2 Å². The molecule has 1 aromatic heterocycles. The third kappa shape index (κ3) is 3.34. The summed E-state index contributed by atoms with van der Waals surface area (Å²) in [5, 5.41) is 7.62. The molecular weight excluding hydrogens is 186 g/mol. The molecule has 1 N–H and O–H groups in total. The lowest BCUT2D eigenvalue weighted by Crippen LogP contribution is -2.13. The van der Waals surface area contributed by atoms with E-state index in [-0.39, 0.29) is 0 Å². The number of aromatic nitrogens is 2. The Bertz CT molecular complexity index is 289. The van der Waals surface area contributed by atoms with Gasteiger partial charge in [-0.25, -0.2) is 0 Å². The smallest absolute Gasteiger partial charge is 0.0525 e. The molecule has 0 aromatic carbocycles. The molecular formula is C12H23N3. The second-order valence-corrected chi connectivity index (χ2v) is 4.38. The maximum atomic E-state index is 4.43. The average molecular weight is 209 g/mol. The van der Waals surface area contributed by atoms with Crippen molar-refractivity contribution in [2.24, 2.45) is 5.92 Å². The van der Waals surface area contributed by atoms with E-state index in [1.54, 1.807) is 0 Å². The van der Waals surface area contributed by atoms with Crippen molar-refractivity contribution in [3.05, 3.63) is 17.5 Å². The Hall–Kier alpha value is -0.830. The van der Waals surface area contributed by atoms with Crippen LogP contribution in [0.5, 0.6) is 0 Å². The normalized spacial score (nSPS) is 11.3. The van der Waals surface area contributed by atoms with Crippen molar-refractivity contribution in [2.45, 2.75) is 40.2 Å². The number of nitrogens with one attached hydrogen (secondary N) is 1. The van der Waals surface area contributed by atoms with Crippen molar-refractivity contribution >= 4 is 0 Å². The minimum Gasteiger partial charge on any atom is -0.319 e. The molecule has 1 heterocycles. The van der Waals surface area contributed by atoms with E-state index in [0.29, 0.717) is 5.92 Å². The van der Waals surface area contributed by atoms with Crippen LogP contribution in [-0.2, 0) is 19.4 Å². The van der Waals surface area contributed by atoms with Gasteiger partial charge in [-0.05, 0) is 44.8 Å². The molecule has 0 saturated carbocycles. The molecule has 86 valence electrons. The predicted octanol–water partition coefficient (Wildman–Crippen LogP) is 1.86. The lowest BCUT2D eigenvalue weighted by molar-refractivity contribution is 0.559. The summed E-state index contributed by atoms with van der Waals surface area (Å²) in [5.74, 6) is 0.695. The fraction of sp³-hybridized carbons (Fsp3) is 0.750. The van der Waals surface area contributed by atoms with Gasteiger partial charge in [0.05, 0.1) is 6.20 Å². The zero-order chi connectivity index (χ0) is 11.3. The van der Waals surface area contributed by atoms with Crippen LogP contribution in [0.15, 0.2) is 6.20 Å². The first-order valence-electron chi connectivity index (χ1n) is 5.87. The van der Waals surface area contributed by atoms with Crippen LogP contribution >= 0.6 is 0 Å². The highest BCUT2D eigenvalue weighted by Crippen LogP contribution is 2.14. The van der Waals surface area contributed by atoms with E-state index in [0.717, 1.165) is 25.9 Å². The van der Waals surface area contributed by atoms with E-state index in [9.17, 15) is 0 Å². The van der Waals surface area contributed by atoms with Crippen molar-refractivity contribution in [2.75, 3.05) is 13.6 Å². The number of likely N-dealkylation sites (N-methyl/N-ethyl adjacent to an activating group) is 1. The van der Waals surface area contributed by atoms with E-state index in [4.69, 9.17) is 0 Å². The number of hydrogen-bond acceptors (Lipinski definition) is 2. The third-order valence-corrected chi connectivity index (χ3v) is 2.58. The Kier molecular flexibility index (Phi) is 4.82. The fourth-order valence-electron chi connectivity index (χ4n) is 1.81. The molecule has 0 aliphatic carbocycles. The SMILES string of the molecule is CCn1ncc(CCNC)c1CC(C)C. The molecule has 0 saturated heterocycles. The van der Waals surface area contributed by atoms with Crippen LogP contribution in [0.1, 0.15) is 32.0 Å². The number of nitrogens with zero attached hydrogens (tertiary/aromatic N) is 2. The van der Waals surface area contributed by atoms with Crippen LogP contribution in [-0.4, -0.2) is 23.4 Å². The average Bonchev–Trinajstić information content (AvgIpc) is 2.57. The van der Waals surface area contributed by atoms with Gasteiger partial charge in [-0.1, -0.05) is 13.8 Å². The van der Waals surface area contributed by atoms with Crippen LogP contribution in [0.25, 0.3) is 0 Å².